The van der Waals surface area contributed by atoms with Crippen LogP contribution in [0.2, 0.25) is 0 Å². The summed E-state index contributed by atoms with van der Waals surface area (Å²) in [7, 11) is 3.28. The van der Waals surface area contributed by atoms with Gasteiger partial charge in [-0.05, 0) is 43.5 Å². The van der Waals surface area contributed by atoms with Gasteiger partial charge in [0.25, 0.3) is 0 Å². The lowest BCUT2D eigenvalue weighted by atomic mass is 10.1. The van der Waals surface area contributed by atoms with E-state index in [-0.39, 0.29) is 12.6 Å². The molecule has 1 aromatic carbocycles. The molecule has 18 heavy (non-hydrogen) atoms. The first-order valence-electron chi connectivity index (χ1n) is 6.34. The Hall–Kier alpha value is -1.26. The molecule has 0 radical (unpaired) electrons. The summed E-state index contributed by atoms with van der Waals surface area (Å²) in [4.78, 5) is 0. The average Bonchev–Trinajstić information content (AvgIpc) is 3.23. The lowest BCUT2D eigenvalue weighted by Gasteiger charge is -2.20. The van der Waals surface area contributed by atoms with Crippen LogP contribution in [0.4, 0.5) is 0 Å². The molecule has 1 fully saturated rings. The van der Waals surface area contributed by atoms with Crippen molar-refractivity contribution in [3.05, 3.63) is 23.8 Å². The Morgan fingerprint density at radius 3 is 2.67 bits per heavy atom. The number of nitrogens with one attached hydrogen (secondary N) is 1. The standard InChI is InChI=1S/C14H21NO3/c1-17-11-5-6-14(18-2)12(7-11)13(9-16)15-8-10-3-4-10/h5-7,10,13,15-16H,3-4,8-9H2,1-2H3. The van der Waals surface area contributed by atoms with Crippen molar-refractivity contribution in [3.63, 3.8) is 0 Å². The minimum atomic E-state index is -0.101. The van der Waals surface area contributed by atoms with Crippen LogP contribution in [-0.2, 0) is 0 Å². The number of benzene rings is 1. The molecule has 2 rings (SSSR count). The van der Waals surface area contributed by atoms with Crippen LogP contribution in [0.1, 0.15) is 24.4 Å². The van der Waals surface area contributed by atoms with E-state index < -0.39 is 0 Å². The lowest BCUT2D eigenvalue weighted by molar-refractivity contribution is 0.239. The number of hydrogen-bond donors (Lipinski definition) is 2. The molecule has 1 aliphatic rings. The van der Waals surface area contributed by atoms with Crippen LogP contribution in [0.25, 0.3) is 0 Å². The fourth-order valence-corrected chi connectivity index (χ4v) is 2.02. The van der Waals surface area contributed by atoms with Gasteiger partial charge >= 0.3 is 0 Å². The maximum atomic E-state index is 9.54. The highest BCUT2D eigenvalue weighted by Gasteiger charge is 2.23. The first kappa shape index (κ1) is 13.2. The molecule has 0 bridgehead atoms. The number of aliphatic hydroxyl groups excluding tert-OH is 1. The van der Waals surface area contributed by atoms with Crippen molar-refractivity contribution >= 4 is 0 Å². The van der Waals surface area contributed by atoms with Gasteiger partial charge in [0.1, 0.15) is 11.5 Å². The number of hydrogen-bond acceptors (Lipinski definition) is 4. The summed E-state index contributed by atoms with van der Waals surface area (Å²) in [6, 6.07) is 5.54. The molecular weight excluding hydrogens is 230 g/mol. The highest BCUT2D eigenvalue weighted by Crippen LogP contribution is 2.31. The third kappa shape index (κ3) is 3.15. The van der Waals surface area contributed by atoms with Gasteiger partial charge in [0, 0.05) is 5.56 Å². The molecule has 0 aromatic heterocycles. The summed E-state index contributed by atoms with van der Waals surface area (Å²) in [5, 5.41) is 12.9. The Morgan fingerprint density at radius 2 is 2.11 bits per heavy atom. The van der Waals surface area contributed by atoms with Crippen LogP contribution < -0.4 is 14.8 Å². The number of methoxy groups -OCH3 is 2. The normalized spacial score (nSPS) is 16.4. The summed E-state index contributed by atoms with van der Waals surface area (Å²) in [5.41, 5.74) is 0.944. The van der Waals surface area contributed by atoms with E-state index in [1.165, 1.54) is 12.8 Å². The molecule has 2 N–H and O–H groups in total. The highest BCUT2D eigenvalue weighted by molar-refractivity contribution is 5.42. The molecule has 4 nitrogen and oxygen atoms in total. The summed E-state index contributed by atoms with van der Waals surface area (Å²) in [5.74, 6) is 2.33. The van der Waals surface area contributed by atoms with E-state index in [0.29, 0.717) is 0 Å². The number of aliphatic hydroxyl groups is 1. The van der Waals surface area contributed by atoms with Gasteiger partial charge < -0.3 is 19.9 Å². The summed E-state index contributed by atoms with van der Waals surface area (Å²) < 4.78 is 10.6. The van der Waals surface area contributed by atoms with E-state index >= 15 is 0 Å². The Bertz CT molecular complexity index is 391. The second-order valence-corrected chi connectivity index (χ2v) is 4.69. The third-order valence-electron chi connectivity index (χ3n) is 3.34. The van der Waals surface area contributed by atoms with Gasteiger partial charge in [-0.25, -0.2) is 0 Å². The molecule has 1 saturated carbocycles. The van der Waals surface area contributed by atoms with Crippen molar-refractivity contribution in [2.45, 2.75) is 18.9 Å². The molecule has 4 heteroatoms. The molecule has 0 spiro atoms. The lowest BCUT2D eigenvalue weighted by Crippen LogP contribution is -2.26. The molecule has 1 unspecified atom stereocenters. The third-order valence-corrected chi connectivity index (χ3v) is 3.34. The predicted molar refractivity (Wildman–Crippen MR) is 70.1 cm³/mol. The molecule has 1 atom stereocenters. The maximum absolute atomic E-state index is 9.54. The Morgan fingerprint density at radius 1 is 1.33 bits per heavy atom. The molecule has 0 aliphatic heterocycles. The Labute approximate surface area is 108 Å². The van der Waals surface area contributed by atoms with Crippen LogP contribution in [0.15, 0.2) is 18.2 Å². The SMILES string of the molecule is COc1ccc(OC)c(C(CO)NCC2CC2)c1. The Kier molecular flexibility index (Phi) is 4.44. The van der Waals surface area contributed by atoms with E-state index in [4.69, 9.17) is 9.47 Å². The minimum Gasteiger partial charge on any atom is -0.497 e. The van der Waals surface area contributed by atoms with Crippen molar-refractivity contribution in [3.8, 4) is 11.5 Å². The Balaban J connectivity index is 2.14. The zero-order valence-corrected chi connectivity index (χ0v) is 11.0. The van der Waals surface area contributed by atoms with Crippen molar-refractivity contribution in [1.82, 2.24) is 5.32 Å². The molecular formula is C14H21NO3. The number of rotatable bonds is 7. The van der Waals surface area contributed by atoms with Gasteiger partial charge in [-0.1, -0.05) is 0 Å². The fraction of sp³-hybridized carbons (Fsp3) is 0.571. The zero-order chi connectivity index (χ0) is 13.0. The van der Waals surface area contributed by atoms with E-state index in [1.807, 2.05) is 18.2 Å². The van der Waals surface area contributed by atoms with Crippen LogP contribution >= 0.6 is 0 Å². The summed E-state index contributed by atoms with van der Waals surface area (Å²) >= 11 is 0. The van der Waals surface area contributed by atoms with E-state index in [2.05, 4.69) is 5.32 Å². The van der Waals surface area contributed by atoms with Gasteiger partial charge in [0.05, 0.1) is 26.9 Å². The van der Waals surface area contributed by atoms with Crippen molar-refractivity contribution in [2.75, 3.05) is 27.4 Å². The van der Waals surface area contributed by atoms with E-state index in [0.717, 1.165) is 29.5 Å². The van der Waals surface area contributed by atoms with Gasteiger partial charge in [-0.15, -0.1) is 0 Å². The van der Waals surface area contributed by atoms with Crippen LogP contribution in [0.3, 0.4) is 0 Å². The van der Waals surface area contributed by atoms with Gasteiger partial charge in [0.15, 0.2) is 0 Å². The van der Waals surface area contributed by atoms with Crippen LogP contribution in [0.5, 0.6) is 11.5 Å². The second-order valence-electron chi connectivity index (χ2n) is 4.69. The smallest absolute Gasteiger partial charge is 0.123 e. The molecule has 0 saturated heterocycles. The largest absolute Gasteiger partial charge is 0.497 e. The second kappa shape index (κ2) is 6.07. The van der Waals surface area contributed by atoms with Crippen molar-refractivity contribution in [2.24, 2.45) is 5.92 Å². The molecule has 1 aliphatic carbocycles. The maximum Gasteiger partial charge on any atom is 0.123 e. The monoisotopic (exact) mass is 251 g/mol. The summed E-state index contributed by atoms with van der Waals surface area (Å²) in [6.07, 6.45) is 2.58. The first-order valence-corrected chi connectivity index (χ1v) is 6.34. The zero-order valence-electron chi connectivity index (χ0n) is 11.0. The molecule has 100 valence electrons. The topological polar surface area (TPSA) is 50.7 Å². The van der Waals surface area contributed by atoms with Gasteiger partial charge in [0.2, 0.25) is 0 Å². The van der Waals surface area contributed by atoms with Gasteiger partial charge in [-0.3, -0.25) is 0 Å². The predicted octanol–water partition coefficient (Wildman–Crippen LogP) is 1.74. The highest BCUT2D eigenvalue weighted by atomic mass is 16.5. The minimum absolute atomic E-state index is 0.0518. The van der Waals surface area contributed by atoms with Gasteiger partial charge in [-0.2, -0.15) is 0 Å². The van der Waals surface area contributed by atoms with Crippen molar-refractivity contribution < 1.29 is 14.6 Å². The fourth-order valence-electron chi connectivity index (χ4n) is 2.02. The summed E-state index contributed by atoms with van der Waals surface area (Å²) in [6.45, 7) is 1.00. The molecule has 0 heterocycles. The molecule has 0 amide bonds. The van der Waals surface area contributed by atoms with E-state index in [9.17, 15) is 5.11 Å². The van der Waals surface area contributed by atoms with Crippen LogP contribution in [0, 0.1) is 5.92 Å². The van der Waals surface area contributed by atoms with Crippen LogP contribution in [-0.4, -0.2) is 32.5 Å². The first-order chi connectivity index (χ1) is 8.78. The van der Waals surface area contributed by atoms with Crippen molar-refractivity contribution in [1.29, 1.82) is 0 Å². The average molecular weight is 251 g/mol. The van der Waals surface area contributed by atoms with E-state index in [1.54, 1.807) is 14.2 Å². The quantitative estimate of drug-likeness (QED) is 0.775. The number of ether oxygens (including phenoxy) is 2. The molecule has 1 aromatic rings.